The van der Waals surface area contributed by atoms with Gasteiger partial charge in [0.05, 0.1) is 0 Å². The second-order valence-corrected chi connectivity index (χ2v) is 4.44. The monoisotopic (exact) mass is 264 g/mol. The zero-order valence-electron chi connectivity index (χ0n) is 11.2. The summed E-state index contributed by atoms with van der Waals surface area (Å²) in [6.07, 6.45) is 0.913. The van der Waals surface area contributed by atoms with E-state index in [1.807, 2.05) is 6.92 Å². The summed E-state index contributed by atoms with van der Waals surface area (Å²) in [5.41, 5.74) is 6.16. The number of carbonyl (C=O) groups is 1. The Bertz CT molecular complexity index is 442. The highest BCUT2D eigenvalue weighted by Crippen LogP contribution is 2.31. The van der Waals surface area contributed by atoms with Gasteiger partial charge in [-0.3, -0.25) is 4.79 Å². The van der Waals surface area contributed by atoms with Crippen LogP contribution in [-0.2, 0) is 0 Å². The number of hydrogen-bond acceptors (Lipinski definition) is 4. The number of fused-ring (bicyclic) bond motifs is 1. The SMILES string of the molecule is CCCN(CCN)C(=O)c1ccc2c(c1)OCCO2. The molecule has 1 amide bonds. The van der Waals surface area contributed by atoms with Crippen molar-refractivity contribution in [2.24, 2.45) is 5.73 Å². The van der Waals surface area contributed by atoms with E-state index in [0.29, 0.717) is 49.9 Å². The fourth-order valence-corrected chi connectivity index (χ4v) is 2.10. The molecule has 0 unspecified atom stereocenters. The molecule has 1 aromatic rings. The lowest BCUT2D eigenvalue weighted by molar-refractivity contribution is 0.0759. The molecule has 0 fully saturated rings. The molecule has 1 heterocycles. The molecule has 104 valence electrons. The fraction of sp³-hybridized carbons (Fsp3) is 0.500. The van der Waals surface area contributed by atoms with Crippen molar-refractivity contribution in [2.45, 2.75) is 13.3 Å². The first kappa shape index (κ1) is 13.7. The van der Waals surface area contributed by atoms with Gasteiger partial charge in [-0.05, 0) is 24.6 Å². The average Bonchev–Trinajstić information content (AvgIpc) is 2.46. The molecule has 0 saturated carbocycles. The summed E-state index contributed by atoms with van der Waals surface area (Å²) in [4.78, 5) is 14.2. The normalized spacial score (nSPS) is 13.2. The van der Waals surface area contributed by atoms with Gasteiger partial charge in [-0.1, -0.05) is 6.92 Å². The van der Waals surface area contributed by atoms with Gasteiger partial charge in [0.1, 0.15) is 13.2 Å². The molecule has 5 nitrogen and oxygen atoms in total. The standard InChI is InChI=1S/C14H20N2O3/c1-2-6-16(7-5-15)14(17)11-3-4-12-13(10-11)19-9-8-18-12/h3-4,10H,2,5-9,15H2,1H3. The Hall–Kier alpha value is -1.75. The highest BCUT2D eigenvalue weighted by atomic mass is 16.6. The molecule has 0 bridgehead atoms. The first-order chi connectivity index (χ1) is 9.26. The van der Waals surface area contributed by atoms with Gasteiger partial charge in [0.15, 0.2) is 11.5 Å². The number of ether oxygens (including phenoxy) is 2. The van der Waals surface area contributed by atoms with Gasteiger partial charge in [0.2, 0.25) is 0 Å². The average molecular weight is 264 g/mol. The lowest BCUT2D eigenvalue weighted by atomic mass is 10.1. The van der Waals surface area contributed by atoms with Crippen LogP contribution in [0.4, 0.5) is 0 Å². The van der Waals surface area contributed by atoms with Gasteiger partial charge in [-0.2, -0.15) is 0 Å². The smallest absolute Gasteiger partial charge is 0.254 e. The van der Waals surface area contributed by atoms with Gasteiger partial charge < -0.3 is 20.1 Å². The van der Waals surface area contributed by atoms with Crippen molar-refractivity contribution in [2.75, 3.05) is 32.8 Å². The van der Waals surface area contributed by atoms with Gasteiger partial charge in [0, 0.05) is 25.2 Å². The van der Waals surface area contributed by atoms with E-state index in [1.165, 1.54) is 0 Å². The van der Waals surface area contributed by atoms with E-state index in [0.717, 1.165) is 6.42 Å². The highest BCUT2D eigenvalue weighted by molar-refractivity contribution is 5.95. The van der Waals surface area contributed by atoms with E-state index in [1.54, 1.807) is 23.1 Å². The van der Waals surface area contributed by atoms with Crippen molar-refractivity contribution in [3.05, 3.63) is 23.8 Å². The molecule has 0 aromatic heterocycles. The van der Waals surface area contributed by atoms with Crippen molar-refractivity contribution < 1.29 is 14.3 Å². The van der Waals surface area contributed by atoms with E-state index in [4.69, 9.17) is 15.2 Å². The molecule has 0 aliphatic carbocycles. The number of nitrogens with two attached hydrogens (primary N) is 1. The Kier molecular flexibility index (Phi) is 4.63. The quantitative estimate of drug-likeness (QED) is 0.869. The molecule has 1 aromatic carbocycles. The number of hydrogen-bond donors (Lipinski definition) is 1. The summed E-state index contributed by atoms with van der Waals surface area (Å²) < 4.78 is 10.9. The molecule has 0 atom stereocenters. The molecular formula is C14H20N2O3. The summed E-state index contributed by atoms with van der Waals surface area (Å²) in [7, 11) is 0. The van der Waals surface area contributed by atoms with Gasteiger partial charge >= 0.3 is 0 Å². The summed E-state index contributed by atoms with van der Waals surface area (Å²) in [6.45, 7) is 4.87. The molecule has 0 saturated heterocycles. The Morgan fingerprint density at radius 1 is 1.26 bits per heavy atom. The number of rotatable bonds is 5. The molecule has 0 radical (unpaired) electrons. The topological polar surface area (TPSA) is 64.8 Å². The minimum atomic E-state index is -0.00993. The van der Waals surface area contributed by atoms with E-state index < -0.39 is 0 Å². The predicted octanol–water partition coefficient (Wildman–Crippen LogP) is 1.27. The van der Waals surface area contributed by atoms with Crippen molar-refractivity contribution in [3.8, 4) is 11.5 Å². The number of benzene rings is 1. The number of carbonyl (C=O) groups excluding carboxylic acids is 1. The Balaban J connectivity index is 2.17. The third-order valence-electron chi connectivity index (χ3n) is 2.97. The van der Waals surface area contributed by atoms with Crippen LogP contribution in [0.5, 0.6) is 11.5 Å². The molecule has 0 spiro atoms. The Morgan fingerprint density at radius 2 is 2.00 bits per heavy atom. The van der Waals surface area contributed by atoms with Crippen molar-refractivity contribution in [1.29, 1.82) is 0 Å². The predicted molar refractivity (Wildman–Crippen MR) is 72.7 cm³/mol. The molecule has 1 aliphatic rings. The third kappa shape index (κ3) is 3.17. The second kappa shape index (κ2) is 6.43. The minimum absolute atomic E-state index is 0.00993. The maximum atomic E-state index is 12.4. The zero-order valence-corrected chi connectivity index (χ0v) is 11.2. The zero-order chi connectivity index (χ0) is 13.7. The first-order valence-corrected chi connectivity index (χ1v) is 6.65. The molecule has 1 aliphatic heterocycles. The lowest BCUT2D eigenvalue weighted by Gasteiger charge is -2.23. The fourth-order valence-electron chi connectivity index (χ4n) is 2.10. The Labute approximate surface area is 113 Å². The van der Waals surface area contributed by atoms with Crippen molar-refractivity contribution in [1.82, 2.24) is 4.90 Å². The van der Waals surface area contributed by atoms with E-state index in [9.17, 15) is 4.79 Å². The summed E-state index contributed by atoms with van der Waals surface area (Å²) in [5, 5.41) is 0. The molecule has 2 N–H and O–H groups in total. The molecule has 2 rings (SSSR count). The number of amides is 1. The first-order valence-electron chi connectivity index (χ1n) is 6.65. The van der Waals surface area contributed by atoms with Crippen LogP contribution < -0.4 is 15.2 Å². The van der Waals surface area contributed by atoms with Gasteiger partial charge in [0.25, 0.3) is 5.91 Å². The van der Waals surface area contributed by atoms with Crippen LogP contribution in [0, 0.1) is 0 Å². The molecule has 19 heavy (non-hydrogen) atoms. The number of nitrogens with zero attached hydrogens (tertiary/aromatic N) is 1. The summed E-state index contributed by atoms with van der Waals surface area (Å²) in [6, 6.07) is 5.30. The van der Waals surface area contributed by atoms with Gasteiger partial charge in [-0.15, -0.1) is 0 Å². The Morgan fingerprint density at radius 3 is 2.68 bits per heavy atom. The van der Waals surface area contributed by atoms with Crippen molar-refractivity contribution >= 4 is 5.91 Å². The minimum Gasteiger partial charge on any atom is -0.486 e. The van der Waals surface area contributed by atoms with Crippen LogP contribution in [0.25, 0.3) is 0 Å². The highest BCUT2D eigenvalue weighted by Gasteiger charge is 2.18. The van der Waals surface area contributed by atoms with Crippen LogP contribution >= 0.6 is 0 Å². The molecular weight excluding hydrogens is 244 g/mol. The van der Waals surface area contributed by atoms with Gasteiger partial charge in [-0.25, -0.2) is 0 Å². The third-order valence-corrected chi connectivity index (χ3v) is 2.97. The van der Waals surface area contributed by atoms with Crippen LogP contribution in [0.1, 0.15) is 23.7 Å². The summed E-state index contributed by atoms with van der Waals surface area (Å²) in [5.74, 6) is 1.33. The van der Waals surface area contributed by atoms with Crippen LogP contribution in [0.3, 0.4) is 0 Å². The van der Waals surface area contributed by atoms with E-state index in [2.05, 4.69) is 0 Å². The van der Waals surface area contributed by atoms with Crippen LogP contribution in [0.2, 0.25) is 0 Å². The lowest BCUT2D eigenvalue weighted by Crippen LogP contribution is -2.36. The maximum Gasteiger partial charge on any atom is 0.254 e. The van der Waals surface area contributed by atoms with Crippen molar-refractivity contribution in [3.63, 3.8) is 0 Å². The maximum absolute atomic E-state index is 12.4. The van der Waals surface area contributed by atoms with Crippen LogP contribution in [0.15, 0.2) is 18.2 Å². The largest absolute Gasteiger partial charge is 0.486 e. The molecule has 5 heteroatoms. The second-order valence-electron chi connectivity index (χ2n) is 4.44. The summed E-state index contributed by atoms with van der Waals surface area (Å²) >= 11 is 0. The van der Waals surface area contributed by atoms with Crippen LogP contribution in [-0.4, -0.2) is 43.7 Å². The van der Waals surface area contributed by atoms with E-state index >= 15 is 0 Å². The van der Waals surface area contributed by atoms with E-state index in [-0.39, 0.29) is 5.91 Å².